The molecule has 0 aromatic carbocycles. The van der Waals surface area contributed by atoms with E-state index in [9.17, 15) is 9.59 Å². The van der Waals surface area contributed by atoms with Gasteiger partial charge in [-0.15, -0.1) is 11.8 Å². The fourth-order valence-corrected chi connectivity index (χ4v) is 1.59. The van der Waals surface area contributed by atoms with Crippen molar-refractivity contribution < 1.29 is 9.59 Å². The van der Waals surface area contributed by atoms with E-state index in [-0.39, 0.29) is 23.4 Å². The number of hydrogen-bond donors (Lipinski definition) is 0. The SMILES string of the molecule is C=C(SC)C(=O)C1CC1C(C)=O. The minimum atomic E-state index is -0.0533. The van der Waals surface area contributed by atoms with Crippen LogP contribution in [0.1, 0.15) is 13.3 Å². The summed E-state index contributed by atoms with van der Waals surface area (Å²) in [5, 5.41) is 0. The van der Waals surface area contributed by atoms with Crippen LogP contribution in [0.15, 0.2) is 11.5 Å². The van der Waals surface area contributed by atoms with Crippen molar-refractivity contribution >= 4 is 23.3 Å². The van der Waals surface area contributed by atoms with E-state index in [1.807, 2.05) is 6.26 Å². The lowest BCUT2D eigenvalue weighted by atomic mass is 10.2. The number of ketones is 2. The molecule has 2 unspecified atom stereocenters. The van der Waals surface area contributed by atoms with E-state index in [0.29, 0.717) is 4.91 Å². The molecule has 66 valence electrons. The quantitative estimate of drug-likeness (QED) is 0.623. The van der Waals surface area contributed by atoms with E-state index in [0.717, 1.165) is 6.42 Å². The Morgan fingerprint density at radius 3 is 2.33 bits per heavy atom. The fourth-order valence-electron chi connectivity index (χ4n) is 1.24. The first-order chi connectivity index (χ1) is 5.57. The molecule has 1 saturated carbocycles. The Bertz CT molecular complexity index is 245. The number of Topliss-reactive ketones (excluding diaryl/α,β-unsaturated/α-hetero) is 2. The molecule has 0 aromatic heterocycles. The van der Waals surface area contributed by atoms with E-state index in [1.54, 1.807) is 6.92 Å². The molecule has 0 amide bonds. The van der Waals surface area contributed by atoms with Crippen LogP contribution in [0.5, 0.6) is 0 Å². The summed E-state index contributed by atoms with van der Waals surface area (Å²) in [6, 6.07) is 0. The maximum atomic E-state index is 11.4. The second-order valence-corrected chi connectivity index (χ2v) is 3.95. The zero-order chi connectivity index (χ0) is 9.30. The Morgan fingerprint density at radius 1 is 1.42 bits per heavy atom. The summed E-state index contributed by atoms with van der Waals surface area (Å²) in [5.41, 5.74) is 0. The van der Waals surface area contributed by atoms with Gasteiger partial charge in [0, 0.05) is 16.7 Å². The lowest BCUT2D eigenvalue weighted by Gasteiger charge is -1.97. The van der Waals surface area contributed by atoms with Crippen LogP contribution in [0, 0.1) is 11.8 Å². The molecule has 0 bridgehead atoms. The minimum absolute atomic E-state index is 0.0126. The first-order valence-corrected chi connectivity index (χ1v) is 5.08. The molecule has 0 N–H and O–H groups in total. The predicted molar refractivity (Wildman–Crippen MR) is 49.9 cm³/mol. The molecule has 0 saturated heterocycles. The minimum Gasteiger partial charge on any atom is -0.300 e. The van der Waals surface area contributed by atoms with E-state index in [1.165, 1.54) is 11.8 Å². The van der Waals surface area contributed by atoms with Gasteiger partial charge >= 0.3 is 0 Å². The van der Waals surface area contributed by atoms with Gasteiger partial charge in [-0.3, -0.25) is 9.59 Å². The Hall–Kier alpha value is -0.570. The Morgan fingerprint density at radius 2 is 2.00 bits per heavy atom. The van der Waals surface area contributed by atoms with Crippen molar-refractivity contribution in [1.29, 1.82) is 0 Å². The maximum absolute atomic E-state index is 11.4. The smallest absolute Gasteiger partial charge is 0.172 e. The average molecular weight is 184 g/mol. The molecule has 1 fully saturated rings. The summed E-state index contributed by atoms with van der Waals surface area (Å²) in [7, 11) is 0. The number of rotatable bonds is 4. The molecule has 0 aliphatic heterocycles. The third-order valence-corrected chi connectivity index (χ3v) is 2.86. The van der Waals surface area contributed by atoms with Gasteiger partial charge < -0.3 is 0 Å². The van der Waals surface area contributed by atoms with Crippen molar-refractivity contribution in [1.82, 2.24) is 0 Å². The molecule has 0 spiro atoms. The van der Waals surface area contributed by atoms with Gasteiger partial charge in [0.25, 0.3) is 0 Å². The first kappa shape index (κ1) is 9.52. The summed E-state index contributed by atoms with van der Waals surface area (Å²) in [6.07, 6.45) is 2.55. The highest BCUT2D eigenvalue weighted by Crippen LogP contribution is 2.42. The number of carbonyl (C=O) groups is 2. The standard InChI is InChI=1S/C9H12O2S/c1-5(10)7-4-8(7)9(11)6(2)12-3/h7-8H,2,4H2,1,3H3. The lowest BCUT2D eigenvalue weighted by molar-refractivity contribution is -0.121. The Kier molecular flexibility index (Phi) is 2.73. The van der Waals surface area contributed by atoms with Crippen LogP contribution in [0.2, 0.25) is 0 Å². The predicted octanol–water partition coefficient (Wildman–Crippen LogP) is 1.66. The Balaban J connectivity index is 2.49. The molecular weight excluding hydrogens is 172 g/mol. The molecule has 1 aliphatic rings. The van der Waals surface area contributed by atoms with E-state index in [4.69, 9.17) is 0 Å². The number of allylic oxidation sites excluding steroid dienone is 1. The summed E-state index contributed by atoms with van der Waals surface area (Å²) in [4.78, 5) is 22.8. The van der Waals surface area contributed by atoms with Gasteiger partial charge in [0.2, 0.25) is 0 Å². The van der Waals surface area contributed by atoms with Crippen LogP contribution < -0.4 is 0 Å². The van der Waals surface area contributed by atoms with Crippen LogP contribution >= 0.6 is 11.8 Å². The fraction of sp³-hybridized carbons (Fsp3) is 0.556. The molecule has 1 aliphatic carbocycles. The van der Waals surface area contributed by atoms with Gasteiger partial charge in [-0.1, -0.05) is 6.58 Å². The van der Waals surface area contributed by atoms with Crippen LogP contribution in [-0.2, 0) is 9.59 Å². The van der Waals surface area contributed by atoms with Gasteiger partial charge in [-0.05, 0) is 19.6 Å². The van der Waals surface area contributed by atoms with E-state index in [2.05, 4.69) is 6.58 Å². The van der Waals surface area contributed by atoms with Gasteiger partial charge in [0.1, 0.15) is 5.78 Å². The molecule has 0 heterocycles. The van der Waals surface area contributed by atoms with Crippen LogP contribution in [0.3, 0.4) is 0 Å². The van der Waals surface area contributed by atoms with Crippen molar-refractivity contribution in [3.63, 3.8) is 0 Å². The highest BCUT2D eigenvalue weighted by Gasteiger charge is 2.46. The van der Waals surface area contributed by atoms with E-state index >= 15 is 0 Å². The maximum Gasteiger partial charge on any atom is 0.172 e. The molecule has 0 radical (unpaired) electrons. The van der Waals surface area contributed by atoms with Crippen molar-refractivity contribution in [2.75, 3.05) is 6.26 Å². The van der Waals surface area contributed by atoms with Gasteiger partial charge in [-0.2, -0.15) is 0 Å². The van der Waals surface area contributed by atoms with Crippen LogP contribution in [0.4, 0.5) is 0 Å². The second kappa shape index (κ2) is 3.44. The van der Waals surface area contributed by atoms with Gasteiger partial charge in [0.05, 0.1) is 0 Å². The monoisotopic (exact) mass is 184 g/mol. The molecule has 2 nitrogen and oxygen atoms in total. The highest BCUT2D eigenvalue weighted by atomic mass is 32.2. The summed E-state index contributed by atoms with van der Waals surface area (Å²) in [5.74, 6) is 0.119. The van der Waals surface area contributed by atoms with Crippen molar-refractivity contribution in [3.05, 3.63) is 11.5 Å². The number of thioether (sulfide) groups is 1. The molecule has 1 rings (SSSR count). The summed E-state index contributed by atoms with van der Waals surface area (Å²) in [6.45, 7) is 5.17. The molecule has 0 aromatic rings. The van der Waals surface area contributed by atoms with Crippen LogP contribution in [0.25, 0.3) is 0 Å². The van der Waals surface area contributed by atoms with Crippen molar-refractivity contribution in [3.8, 4) is 0 Å². The number of carbonyl (C=O) groups excluding carboxylic acids is 2. The molecular formula is C9H12O2S. The first-order valence-electron chi connectivity index (χ1n) is 3.85. The average Bonchev–Trinajstić information content (AvgIpc) is 2.80. The van der Waals surface area contributed by atoms with Gasteiger partial charge in [0.15, 0.2) is 5.78 Å². The largest absolute Gasteiger partial charge is 0.300 e. The zero-order valence-corrected chi connectivity index (χ0v) is 8.11. The second-order valence-electron chi connectivity index (χ2n) is 3.05. The van der Waals surface area contributed by atoms with Gasteiger partial charge in [-0.25, -0.2) is 0 Å². The highest BCUT2D eigenvalue weighted by molar-refractivity contribution is 8.03. The van der Waals surface area contributed by atoms with E-state index < -0.39 is 0 Å². The summed E-state index contributed by atoms with van der Waals surface area (Å²) < 4.78 is 0. The Labute approximate surface area is 76.4 Å². The molecule has 3 heteroatoms. The van der Waals surface area contributed by atoms with Crippen molar-refractivity contribution in [2.24, 2.45) is 11.8 Å². The van der Waals surface area contributed by atoms with Crippen LogP contribution in [-0.4, -0.2) is 17.8 Å². The molecule has 2 atom stereocenters. The zero-order valence-electron chi connectivity index (χ0n) is 7.29. The lowest BCUT2D eigenvalue weighted by Crippen LogP contribution is -2.06. The third kappa shape index (κ3) is 1.78. The summed E-state index contributed by atoms with van der Waals surface area (Å²) >= 11 is 1.36. The van der Waals surface area contributed by atoms with Crippen molar-refractivity contribution in [2.45, 2.75) is 13.3 Å². The topological polar surface area (TPSA) is 34.1 Å². The molecule has 12 heavy (non-hydrogen) atoms. The number of hydrogen-bond acceptors (Lipinski definition) is 3. The normalized spacial score (nSPS) is 26.5. The third-order valence-electron chi connectivity index (χ3n) is 2.17.